The molecule has 1 saturated heterocycles. The largest absolute Gasteiger partial charge is 0.336 e. The van der Waals surface area contributed by atoms with E-state index in [9.17, 15) is 4.79 Å². The quantitative estimate of drug-likeness (QED) is 0.935. The third-order valence-corrected chi connectivity index (χ3v) is 4.59. The van der Waals surface area contributed by atoms with Gasteiger partial charge in [0.2, 0.25) is 0 Å². The van der Waals surface area contributed by atoms with Crippen LogP contribution in [-0.2, 0) is 7.05 Å². The van der Waals surface area contributed by atoms with Gasteiger partial charge in [-0.15, -0.1) is 0 Å². The maximum atomic E-state index is 12.7. The molecule has 1 aliphatic heterocycles. The minimum atomic E-state index is 0.000538. The molecule has 2 aromatic rings. The minimum absolute atomic E-state index is 0.000538. The Bertz CT molecular complexity index is 645. The van der Waals surface area contributed by atoms with Crippen molar-refractivity contribution in [3.63, 3.8) is 0 Å². The average Bonchev–Trinajstić information content (AvgIpc) is 3.11. The van der Waals surface area contributed by atoms with Crippen LogP contribution in [0.3, 0.4) is 0 Å². The number of likely N-dealkylation sites (tertiary alicyclic amines) is 1. The molecule has 2 atom stereocenters. The molecule has 1 fully saturated rings. The first-order valence-corrected chi connectivity index (χ1v) is 7.65. The number of hydrogen-bond acceptors (Lipinski definition) is 3. The van der Waals surface area contributed by atoms with Crippen LogP contribution in [0.25, 0.3) is 0 Å². The first-order chi connectivity index (χ1) is 10.6. The predicted molar refractivity (Wildman–Crippen MR) is 85.6 cm³/mol. The Balaban J connectivity index is 1.80. The van der Waals surface area contributed by atoms with Crippen molar-refractivity contribution < 1.29 is 4.79 Å². The Hall–Kier alpha value is -2.14. The molecular weight excluding hydrogens is 276 g/mol. The highest BCUT2D eigenvalue weighted by molar-refractivity contribution is 5.92. The summed E-state index contributed by atoms with van der Waals surface area (Å²) in [5, 5.41) is 4.30. The zero-order valence-electron chi connectivity index (χ0n) is 13.1. The number of carbonyl (C=O) groups is 1. The molecule has 5 heteroatoms. The molecule has 2 N–H and O–H groups in total. The molecule has 116 valence electrons. The third-order valence-electron chi connectivity index (χ3n) is 4.59. The van der Waals surface area contributed by atoms with Crippen molar-refractivity contribution in [2.24, 2.45) is 18.7 Å². The van der Waals surface area contributed by atoms with Gasteiger partial charge in [-0.25, -0.2) is 0 Å². The maximum Gasteiger partial charge on any atom is 0.274 e. The Morgan fingerprint density at radius 3 is 2.64 bits per heavy atom. The molecule has 0 saturated carbocycles. The summed E-state index contributed by atoms with van der Waals surface area (Å²) in [4.78, 5) is 14.5. The average molecular weight is 298 g/mol. The lowest BCUT2D eigenvalue weighted by molar-refractivity contribution is 0.0780. The molecule has 1 amide bonds. The molecule has 3 rings (SSSR count). The molecular formula is C17H22N4O. The summed E-state index contributed by atoms with van der Waals surface area (Å²) in [6, 6.07) is 12.2. The maximum absolute atomic E-state index is 12.7. The van der Waals surface area contributed by atoms with E-state index in [2.05, 4.69) is 17.2 Å². The normalized spacial score (nSPS) is 21.3. The Morgan fingerprint density at radius 1 is 1.32 bits per heavy atom. The van der Waals surface area contributed by atoms with E-state index < -0.39 is 0 Å². The summed E-state index contributed by atoms with van der Waals surface area (Å²) in [6.45, 7) is 3.94. The lowest BCUT2D eigenvalue weighted by Gasteiger charge is -2.16. The molecule has 0 radical (unpaired) electrons. The van der Waals surface area contributed by atoms with Crippen LogP contribution in [0.5, 0.6) is 0 Å². The number of carbonyl (C=O) groups excluding carboxylic acids is 1. The van der Waals surface area contributed by atoms with E-state index in [0.717, 1.165) is 5.69 Å². The van der Waals surface area contributed by atoms with Gasteiger partial charge >= 0.3 is 0 Å². The van der Waals surface area contributed by atoms with Crippen molar-refractivity contribution in [2.75, 3.05) is 19.6 Å². The Morgan fingerprint density at radius 2 is 2.05 bits per heavy atom. The van der Waals surface area contributed by atoms with Gasteiger partial charge in [-0.1, -0.05) is 30.3 Å². The van der Waals surface area contributed by atoms with Gasteiger partial charge in [0.15, 0.2) is 5.69 Å². The molecule has 0 spiro atoms. The van der Waals surface area contributed by atoms with Crippen molar-refractivity contribution in [3.05, 3.63) is 53.3 Å². The van der Waals surface area contributed by atoms with Crippen LogP contribution in [-0.4, -0.2) is 40.2 Å². The van der Waals surface area contributed by atoms with E-state index in [4.69, 9.17) is 5.73 Å². The highest BCUT2D eigenvalue weighted by Gasteiger charge is 2.36. The van der Waals surface area contributed by atoms with Gasteiger partial charge in [-0.2, -0.15) is 5.10 Å². The summed E-state index contributed by atoms with van der Waals surface area (Å²) < 4.78 is 1.73. The third kappa shape index (κ3) is 2.64. The number of hydrogen-bond donors (Lipinski definition) is 1. The molecule has 2 heterocycles. The number of rotatable bonds is 3. The van der Waals surface area contributed by atoms with Gasteiger partial charge in [0.1, 0.15) is 0 Å². The molecule has 1 aliphatic rings. The van der Waals surface area contributed by atoms with E-state index >= 15 is 0 Å². The van der Waals surface area contributed by atoms with E-state index in [0.29, 0.717) is 37.2 Å². The van der Waals surface area contributed by atoms with Crippen LogP contribution in [0.15, 0.2) is 36.4 Å². The van der Waals surface area contributed by atoms with Crippen molar-refractivity contribution in [3.8, 4) is 0 Å². The highest BCUT2D eigenvalue weighted by Crippen LogP contribution is 2.32. The van der Waals surface area contributed by atoms with Crippen LogP contribution in [0.1, 0.15) is 27.7 Å². The number of aromatic nitrogens is 2. The SMILES string of the molecule is Cc1cc(C(=O)N2C[C@@H](CN)[C@H](c3ccccc3)C2)nn1C. The summed E-state index contributed by atoms with van der Waals surface area (Å²) in [7, 11) is 1.85. The van der Waals surface area contributed by atoms with Crippen molar-refractivity contribution >= 4 is 5.91 Å². The van der Waals surface area contributed by atoms with Crippen LogP contribution < -0.4 is 5.73 Å². The van der Waals surface area contributed by atoms with E-state index in [1.807, 2.05) is 43.1 Å². The zero-order valence-corrected chi connectivity index (χ0v) is 13.1. The second-order valence-electron chi connectivity index (χ2n) is 6.02. The molecule has 0 unspecified atom stereocenters. The molecule has 0 aliphatic carbocycles. The Kier molecular flexibility index (Phi) is 3.98. The van der Waals surface area contributed by atoms with Crippen LogP contribution >= 0.6 is 0 Å². The predicted octanol–water partition coefficient (Wildman–Crippen LogP) is 1.54. The molecule has 1 aromatic heterocycles. The van der Waals surface area contributed by atoms with Gasteiger partial charge in [-0.3, -0.25) is 9.48 Å². The monoisotopic (exact) mass is 298 g/mol. The number of benzene rings is 1. The van der Waals surface area contributed by atoms with E-state index in [-0.39, 0.29) is 5.91 Å². The topological polar surface area (TPSA) is 64.2 Å². The van der Waals surface area contributed by atoms with E-state index in [1.165, 1.54) is 5.56 Å². The second-order valence-corrected chi connectivity index (χ2v) is 6.02. The van der Waals surface area contributed by atoms with Crippen molar-refractivity contribution in [1.29, 1.82) is 0 Å². The number of amides is 1. The summed E-state index contributed by atoms with van der Waals surface area (Å²) in [5.74, 6) is 0.608. The number of nitrogens with two attached hydrogens (primary N) is 1. The summed E-state index contributed by atoms with van der Waals surface area (Å²) in [6.07, 6.45) is 0. The summed E-state index contributed by atoms with van der Waals surface area (Å²) in [5.41, 5.74) is 8.69. The molecule has 5 nitrogen and oxygen atoms in total. The molecule has 0 bridgehead atoms. The van der Waals surface area contributed by atoms with Crippen LogP contribution in [0.4, 0.5) is 0 Å². The highest BCUT2D eigenvalue weighted by atomic mass is 16.2. The lowest BCUT2D eigenvalue weighted by atomic mass is 9.89. The van der Waals surface area contributed by atoms with Crippen molar-refractivity contribution in [2.45, 2.75) is 12.8 Å². The van der Waals surface area contributed by atoms with Crippen LogP contribution in [0, 0.1) is 12.8 Å². The van der Waals surface area contributed by atoms with Gasteiger partial charge in [0, 0.05) is 31.7 Å². The standard InChI is InChI=1S/C17H22N4O/c1-12-8-16(19-20(12)2)17(22)21-10-14(9-18)15(11-21)13-6-4-3-5-7-13/h3-8,14-15H,9-11,18H2,1-2H3/t14-,15+/m1/s1. The first-order valence-electron chi connectivity index (χ1n) is 7.65. The lowest BCUT2D eigenvalue weighted by Crippen LogP contribution is -2.30. The first kappa shape index (κ1) is 14.8. The number of nitrogens with zero attached hydrogens (tertiary/aromatic N) is 3. The van der Waals surface area contributed by atoms with Crippen molar-refractivity contribution in [1.82, 2.24) is 14.7 Å². The fourth-order valence-corrected chi connectivity index (χ4v) is 3.18. The fourth-order valence-electron chi connectivity index (χ4n) is 3.18. The Labute approximate surface area is 130 Å². The van der Waals surface area contributed by atoms with Gasteiger partial charge in [0.25, 0.3) is 5.91 Å². The second kappa shape index (κ2) is 5.93. The van der Waals surface area contributed by atoms with Gasteiger partial charge in [0.05, 0.1) is 0 Å². The van der Waals surface area contributed by atoms with E-state index in [1.54, 1.807) is 4.68 Å². The smallest absolute Gasteiger partial charge is 0.274 e. The molecule has 22 heavy (non-hydrogen) atoms. The number of aryl methyl sites for hydroxylation is 2. The molecule has 1 aromatic carbocycles. The fraction of sp³-hybridized carbons (Fsp3) is 0.412. The minimum Gasteiger partial charge on any atom is -0.336 e. The zero-order chi connectivity index (χ0) is 15.7. The summed E-state index contributed by atoms with van der Waals surface area (Å²) >= 11 is 0. The van der Waals surface area contributed by atoms with Gasteiger partial charge < -0.3 is 10.6 Å². The van der Waals surface area contributed by atoms with Gasteiger partial charge in [-0.05, 0) is 31.0 Å². The van der Waals surface area contributed by atoms with Crippen LogP contribution in [0.2, 0.25) is 0 Å².